The second-order valence-corrected chi connectivity index (χ2v) is 6.75. The maximum absolute atomic E-state index is 12.6. The van der Waals surface area contributed by atoms with Crippen molar-refractivity contribution in [1.82, 2.24) is 19.9 Å². The van der Waals surface area contributed by atoms with Crippen LogP contribution in [0.2, 0.25) is 0 Å². The molecule has 128 valence electrons. The van der Waals surface area contributed by atoms with Crippen LogP contribution in [0.25, 0.3) is 5.65 Å². The summed E-state index contributed by atoms with van der Waals surface area (Å²) in [6.07, 6.45) is 7.97. The lowest BCUT2D eigenvalue weighted by molar-refractivity contribution is 0.0953. The third-order valence-corrected chi connectivity index (χ3v) is 5.00. The molecule has 0 aliphatic heterocycles. The Morgan fingerprint density at radius 1 is 1.20 bits per heavy atom. The summed E-state index contributed by atoms with van der Waals surface area (Å²) < 4.78 is 1.85. The number of nitrogens with one attached hydrogen (secondary N) is 1. The standard InChI is InChI=1S/C20H22N4O/c1-14(15-7-3-2-4-8-15)11-22-20(25)17-13-23-24-18-10-6-5-9-16(18)12-21-19(17)24/h2-4,7-8,12-14H,5-6,9-11H2,1H3,(H,22,25). The Kier molecular flexibility index (Phi) is 4.22. The molecule has 5 heteroatoms. The summed E-state index contributed by atoms with van der Waals surface area (Å²) in [5, 5.41) is 7.45. The lowest BCUT2D eigenvalue weighted by atomic mass is 9.97. The van der Waals surface area contributed by atoms with Gasteiger partial charge in [0.05, 0.1) is 6.20 Å². The van der Waals surface area contributed by atoms with Gasteiger partial charge in [-0.1, -0.05) is 37.3 Å². The summed E-state index contributed by atoms with van der Waals surface area (Å²) in [6, 6.07) is 10.2. The van der Waals surface area contributed by atoms with Gasteiger partial charge in [-0.25, -0.2) is 9.50 Å². The number of fused-ring (bicyclic) bond motifs is 3. The van der Waals surface area contributed by atoms with E-state index in [4.69, 9.17) is 0 Å². The normalized spacial score (nSPS) is 14.9. The summed E-state index contributed by atoms with van der Waals surface area (Å²) in [4.78, 5) is 17.1. The predicted octanol–water partition coefficient (Wildman–Crippen LogP) is 3.14. The smallest absolute Gasteiger partial charge is 0.256 e. The van der Waals surface area contributed by atoms with Crippen LogP contribution in [0.5, 0.6) is 0 Å². The molecular weight excluding hydrogens is 312 g/mol. The molecular formula is C20H22N4O. The van der Waals surface area contributed by atoms with Crippen molar-refractivity contribution in [2.24, 2.45) is 0 Å². The van der Waals surface area contributed by atoms with Crippen molar-refractivity contribution < 1.29 is 4.79 Å². The molecule has 4 rings (SSSR count). The van der Waals surface area contributed by atoms with Gasteiger partial charge in [0.2, 0.25) is 0 Å². The Labute approximate surface area is 147 Å². The molecule has 5 nitrogen and oxygen atoms in total. The number of hydrogen-bond donors (Lipinski definition) is 1. The largest absolute Gasteiger partial charge is 0.351 e. The molecule has 1 aliphatic rings. The van der Waals surface area contributed by atoms with Gasteiger partial charge in [-0.2, -0.15) is 5.10 Å². The number of hydrogen-bond acceptors (Lipinski definition) is 3. The van der Waals surface area contributed by atoms with Crippen LogP contribution < -0.4 is 5.32 Å². The van der Waals surface area contributed by atoms with Crippen LogP contribution in [0.1, 0.15) is 52.9 Å². The molecule has 1 amide bonds. The van der Waals surface area contributed by atoms with Crippen LogP contribution in [0, 0.1) is 0 Å². The summed E-state index contributed by atoms with van der Waals surface area (Å²) >= 11 is 0. The average Bonchev–Trinajstić information content (AvgIpc) is 3.11. The number of carbonyl (C=O) groups is 1. The highest BCUT2D eigenvalue weighted by Crippen LogP contribution is 2.22. The number of amides is 1. The van der Waals surface area contributed by atoms with Crippen molar-refractivity contribution in [1.29, 1.82) is 0 Å². The molecule has 0 bridgehead atoms. The van der Waals surface area contributed by atoms with Crippen molar-refractivity contribution in [2.75, 3.05) is 6.54 Å². The summed E-state index contributed by atoms with van der Waals surface area (Å²) in [7, 11) is 0. The van der Waals surface area contributed by atoms with Crippen LogP contribution in [-0.2, 0) is 12.8 Å². The average molecular weight is 334 g/mol. The molecule has 1 N–H and O–H groups in total. The van der Waals surface area contributed by atoms with Crippen LogP contribution in [0.15, 0.2) is 42.7 Å². The molecule has 1 aliphatic carbocycles. The lowest BCUT2D eigenvalue weighted by Crippen LogP contribution is -2.27. The minimum absolute atomic E-state index is 0.110. The lowest BCUT2D eigenvalue weighted by Gasteiger charge is -2.16. The van der Waals surface area contributed by atoms with Crippen LogP contribution in [-0.4, -0.2) is 27.0 Å². The quantitative estimate of drug-likeness (QED) is 0.797. The number of rotatable bonds is 4. The van der Waals surface area contributed by atoms with Gasteiger partial charge in [-0.3, -0.25) is 4.79 Å². The van der Waals surface area contributed by atoms with E-state index in [-0.39, 0.29) is 11.8 Å². The Hall–Kier alpha value is -2.69. The molecule has 1 unspecified atom stereocenters. The molecule has 1 atom stereocenters. The minimum atomic E-state index is -0.110. The van der Waals surface area contributed by atoms with Gasteiger partial charge in [0.25, 0.3) is 5.91 Å². The minimum Gasteiger partial charge on any atom is -0.351 e. The predicted molar refractivity (Wildman–Crippen MR) is 96.8 cm³/mol. The summed E-state index contributed by atoms with van der Waals surface area (Å²) in [5.41, 5.74) is 4.88. The van der Waals surface area contributed by atoms with Crippen molar-refractivity contribution in [3.63, 3.8) is 0 Å². The van der Waals surface area contributed by atoms with E-state index in [9.17, 15) is 4.79 Å². The van der Waals surface area contributed by atoms with E-state index in [1.807, 2.05) is 28.9 Å². The third-order valence-electron chi connectivity index (χ3n) is 5.00. The fraction of sp³-hybridized carbons (Fsp3) is 0.350. The van der Waals surface area contributed by atoms with Crippen molar-refractivity contribution in [3.8, 4) is 0 Å². The highest BCUT2D eigenvalue weighted by atomic mass is 16.1. The van der Waals surface area contributed by atoms with Gasteiger partial charge in [-0.15, -0.1) is 0 Å². The Bertz CT molecular complexity index is 901. The van der Waals surface area contributed by atoms with Gasteiger partial charge in [0.1, 0.15) is 5.56 Å². The molecule has 0 spiro atoms. The number of aromatic nitrogens is 3. The first-order valence-corrected chi connectivity index (χ1v) is 8.91. The van der Waals surface area contributed by atoms with E-state index >= 15 is 0 Å². The second kappa shape index (κ2) is 6.67. The first-order valence-electron chi connectivity index (χ1n) is 8.91. The first-order chi connectivity index (χ1) is 12.2. The van der Waals surface area contributed by atoms with E-state index in [2.05, 4.69) is 34.5 Å². The zero-order valence-corrected chi connectivity index (χ0v) is 14.4. The van der Waals surface area contributed by atoms with E-state index in [1.54, 1.807) is 6.20 Å². The van der Waals surface area contributed by atoms with Crippen LogP contribution in [0.4, 0.5) is 0 Å². The maximum atomic E-state index is 12.6. The fourth-order valence-corrected chi connectivity index (χ4v) is 3.50. The van der Waals surface area contributed by atoms with Crippen LogP contribution >= 0.6 is 0 Å². The number of carbonyl (C=O) groups excluding carboxylic acids is 1. The Morgan fingerprint density at radius 2 is 2.00 bits per heavy atom. The number of benzene rings is 1. The maximum Gasteiger partial charge on any atom is 0.256 e. The van der Waals surface area contributed by atoms with E-state index < -0.39 is 0 Å². The summed E-state index contributed by atoms with van der Waals surface area (Å²) in [5.74, 6) is 0.147. The fourth-order valence-electron chi connectivity index (χ4n) is 3.50. The molecule has 25 heavy (non-hydrogen) atoms. The van der Waals surface area contributed by atoms with Gasteiger partial charge >= 0.3 is 0 Å². The SMILES string of the molecule is CC(CNC(=O)c1cnn2c3c(cnc12)CCCC3)c1ccccc1. The molecule has 2 aromatic heterocycles. The third kappa shape index (κ3) is 3.02. The van der Waals surface area contributed by atoms with Gasteiger partial charge in [0, 0.05) is 18.4 Å². The molecule has 2 heterocycles. The molecule has 3 aromatic rings. The monoisotopic (exact) mass is 334 g/mol. The second-order valence-electron chi connectivity index (χ2n) is 6.75. The van der Waals surface area contributed by atoms with Gasteiger partial charge in [0.15, 0.2) is 5.65 Å². The molecule has 1 aromatic carbocycles. The van der Waals surface area contributed by atoms with Crippen molar-refractivity contribution >= 4 is 11.6 Å². The van der Waals surface area contributed by atoms with Gasteiger partial charge < -0.3 is 5.32 Å². The Balaban J connectivity index is 1.53. The highest BCUT2D eigenvalue weighted by molar-refractivity contribution is 5.99. The van der Waals surface area contributed by atoms with Gasteiger partial charge in [-0.05, 0) is 42.7 Å². The van der Waals surface area contributed by atoms with Crippen molar-refractivity contribution in [3.05, 3.63) is 65.1 Å². The zero-order chi connectivity index (χ0) is 17.2. The summed E-state index contributed by atoms with van der Waals surface area (Å²) in [6.45, 7) is 2.70. The molecule has 0 saturated carbocycles. The molecule has 0 saturated heterocycles. The van der Waals surface area contributed by atoms with E-state index in [0.29, 0.717) is 17.8 Å². The van der Waals surface area contributed by atoms with E-state index in [1.165, 1.54) is 29.7 Å². The molecule has 0 fully saturated rings. The van der Waals surface area contributed by atoms with E-state index in [0.717, 1.165) is 12.8 Å². The van der Waals surface area contributed by atoms with Crippen molar-refractivity contribution in [2.45, 2.75) is 38.5 Å². The number of nitrogens with zero attached hydrogens (tertiary/aromatic N) is 3. The Morgan fingerprint density at radius 3 is 2.84 bits per heavy atom. The highest BCUT2D eigenvalue weighted by Gasteiger charge is 2.19. The molecule has 0 radical (unpaired) electrons. The van der Waals surface area contributed by atoms with Crippen LogP contribution in [0.3, 0.4) is 0 Å². The number of aryl methyl sites for hydroxylation is 2. The topological polar surface area (TPSA) is 59.3 Å². The zero-order valence-electron chi connectivity index (χ0n) is 14.4. The first kappa shape index (κ1) is 15.8.